The second-order valence-corrected chi connectivity index (χ2v) is 4.43. The van der Waals surface area contributed by atoms with E-state index in [1.165, 1.54) is 17.8 Å². The number of nitrogen functional groups attached to an aromatic ring is 2. The van der Waals surface area contributed by atoms with Gasteiger partial charge in [0, 0.05) is 17.5 Å². The maximum Gasteiger partial charge on any atom is 0.253 e. The lowest BCUT2D eigenvalue weighted by Crippen LogP contribution is -2.09. The quantitative estimate of drug-likeness (QED) is 0.431. The predicted molar refractivity (Wildman–Crippen MR) is 69.7 cm³/mol. The molecule has 0 fully saturated rings. The highest BCUT2D eigenvalue weighted by molar-refractivity contribution is 7.98. The summed E-state index contributed by atoms with van der Waals surface area (Å²) >= 11 is 1.39. The number of anilines is 2. The first-order valence-electron chi connectivity index (χ1n) is 4.98. The van der Waals surface area contributed by atoms with Gasteiger partial charge in [-0.05, 0) is 11.6 Å². The van der Waals surface area contributed by atoms with Gasteiger partial charge in [-0.15, -0.1) is 0 Å². The Hall–Kier alpha value is -1.95. The molecule has 17 heavy (non-hydrogen) atoms. The largest absolute Gasteiger partial charge is 0.398 e. The van der Waals surface area contributed by atoms with Crippen LogP contribution in [0.2, 0.25) is 0 Å². The van der Waals surface area contributed by atoms with Crippen LogP contribution in [0.15, 0.2) is 40.3 Å². The van der Waals surface area contributed by atoms with Crippen molar-refractivity contribution in [1.82, 2.24) is 9.97 Å². The van der Waals surface area contributed by atoms with Gasteiger partial charge in [0.1, 0.15) is 5.82 Å². The molecule has 5 N–H and O–H groups in total. The Labute approximate surface area is 102 Å². The van der Waals surface area contributed by atoms with E-state index in [1.807, 2.05) is 24.3 Å². The van der Waals surface area contributed by atoms with Crippen LogP contribution < -0.4 is 17.0 Å². The maximum atomic E-state index is 11.2. The van der Waals surface area contributed by atoms with Crippen molar-refractivity contribution < 1.29 is 0 Å². The fraction of sp³-hybridized carbons (Fsp3) is 0.0909. The van der Waals surface area contributed by atoms with Crippen LogP contribution in [0.1, 0.15) is 5.56 Å². The van der Waals surface area contributed by atoms with Gasteiger partial charge in [-0.25, -0.2) is 4.98 Å². The van der Waals surface area contributed by atoms with Crippen LogP contribution in [-0.2, 0) is 5.75 Å². The molecule has 6 heteroatoms. The van der Waals surface area contributed by atoms with E-state index in [4.69, 9.17) is 11.5 Å². The van der Waals surface area contributed by atoms with E-state index in [9.17, 15) is 4.79 Å². The molecule has 88 valence electrons. The first-order chi connectivity index (χ1) is 8.15. The van der Waals surface area contributed by atoms with Crippen molar-refractivity contribution in [3.05, 3.63) is 46.2 Å². The van der Waals surface area contributed by atoms with Crippen LogP contribution in [0.3, 0.4) is 0 Å². The Morgan fingerprint density at radius 2 is 2.06 bits per heavy atom. The van der Waals surface area contributed by atoms with E-state index in [0.29, 0.717) is 10.9 Å². The van der Waals surface area contributed by atoms with Crippen molar-refractivity contribution in [1.29, 1.82) is 0 Å². The number of para-hydroxylation sites is 1. The third kappa shape index (κ3) is 3.01. The normalized spacial score (nSPS) is 10.4. The van der Waals surface area contributed by atoms with Crippen LogP contribution in [0.5, 0.6) is 0 Å². The molecule has 2 rings (SSSR count). The van der Waals surface area contributed by atoms with Gasteiger partial charge in [0.05, 0.1) is 0 Å². The topological polar surface area (TPSA) is 97.8 Å². The molecule has 1 aromatic carbocycles. The predicted octanol–water partition coefficient (Wildman–Crippen LogP) is 1.23. The number of nitrogens with one attached hydrogen (secondary N) is 1. The summed E-state index contributed by atoms with van der Waals surface area (Å²) in [6.45, 7) is 0. The SMILES string of the molecule is Nc1cc(=O)[nH]c(SCc2ccccc2N)n1. The highest BCUT2D eigenvalue weighted by atomic mass is 32.2. The molecule has 0 unspecified atom stereocenters. The first kappa shape index (κ1) is 11.5. The zero-order chi connectivity index (χ0) is 12.3. The molecule has 5 nitrogen and oxygen atoms in total. The molecule has 2 aromatic rings. The van der Waals surface area contributed by atoms with Crippen molar-refractivity contribution in [3.8, 4) is 0 Å². The summed E-state index contributed by atoms with van der Waals surface area (Å²) in [5.41, 5.74) is 12.8. The number of hydrogen-bond donors (Lipinski definition) is 3. The Kier molecular flexibility index (Phi) is 3.34. The lowest BCUT2D eigenvalue weighted by atomic mass is 10.2. The minimum atomic E-state index is -0.249. The van der Waals surface area contributed by atoms with Gasteiger partial charge >= 0.3 is 0 Å². The number of hydrogen-bond acceptors (Lipinski definition) is 5. The third-order valence-corrected chi connectivity index (χ3v) is 3.08. The Morgan fingerprint density at radius 1 is 1.29 bits per heavy atom. The standard InChI is InChI=1S/C11H12N4OS/c12-8-4-2-1-3-7(8)6-17-11-14-9(13)5-10(16)15-11/h1-5H,6,12H2,(H3,13,14,15,16). The van der Waals surface area contributed by atoms with E-state index < -0.39 is 0 Å². The van der Waals surface area contributed by atoms with E-state index in [0.717, 1.165) is 11.3 Å². The average molecular weight is 248 g/mol. The third-order valence-electron chi connectivity index (χ3n) is 2.16. The van der Waals surface area contributed by atoms with Gasteiger partial charge < -0.3 is 16.5 Å². The number of aromatic amines is 1. The average Bonchev–Trinajstić information content (AvgIpc) is 2.27. The minimum Gasteiger partial charge on any atom is -0.398 e. The number of nitrogens with zero attached hydrogens (tertiary/aromatic N) is 1. The number of H-pyrrole nitrogens is 1. The van der Waals surface area contributed by atoms with E-state index in [1.54, 1.807) is 0 Å². The molecule has 0 aliphatic rings. The molecule has 0 amide bonds. The molecule has 0 saturated carbocycles. The summed E-state index contributed by atoms with van der Waals surface area (Å²) in [5, 5.41) is 0.498. The maximum absolute atomic E-state index is 11.2. The summed E-state index contributed by atoms with van der Waals surface area (Å²) in [4.78, 5) is 17.8. The summed E-state index contributed by atoms with van der Waals surface area (Å²) in [6.07, 6.45) is 0. The van der Waals surface area contributed by atoms with E-state index >= 15 is 0 Å². The zero-order valence-corrected chi connectivity index (χ0v) is 9.83. The lowest BCUT2D eigenvalue weighted by Gasteiger charge is -2.04. The molecule has 0 saturated heterocycles. The molecular weight excluding hydrogens is 236 g/mol. The minimum absolute atomic E-state index is 0.220. The smallest absolute Gasteiger partial charge is 0.253 e. The van der Waals surface area contributed by atoms with Crippen molar-refractivity contribution in [2.24, 2.45) is 0 Å². The first-order valence-corrected chi connectivity index (χ1v) is 5.97. The van der Waals surface area contributed by atoms with Gasteiger partial charge in [0.2, 0.25) is 0 Å². The molecule has 0 aliphatic heterocycles. The number of nitrogens with two attached hydrogens (primary N) is 2. The molecule has 0 atom stereocenters. The van der Waals surface area contributed by atoms with E-state index in [-0.39, 0.29) is 11.4 Å². The molecule has 0 bridgehead atoms. The lowest BCUT2D eigenvalue weighted by molar-refractivity contribution is 0.945. The van der Waals surface area contributed by atoms with Gasteiger partial charge in [0.15, 0.2) is 5.16 Å². The number of benzene rings is 1. The molecular formula is C11H12N4OS. The highest BCUT2D eigenvalue weighted by Gasteiger charge is 2.02. The monoisotopic (exact) mass is 248 g/mol. The molecule has 0 radical (unpaired) electrons. The van der Waals surface area contributed by atoms with Crippen molar-refractivity contribution in [2.45, 2.75) is 10.9 Å². The van der Waals surface area contributed by atoms with Crippen LogP contribution in [0, 0.1) is 0 Å². The second kappa shape index (κ2) is 4.92. The van der Waals surface area contributed by atoms with E-state index in [2.05, 4.69) is 9.97 Å². The molecule has 1 heterocycles. The number of rotatable bonds is 3. The molecule has 1 aromatic heterocycles. The Balaban J connectivity index is 2.13. The van der Waals surface area contributed by atoms with Crippen LogP contribution in [-0.4, -0.2) is 9.97 Å². The summed E-state index contributed by atoms with van der Waals surface area (Å²) in [6, 6.07) is 8.82. The molecule has 0 aliphatic carbocycles. The number of aromatic nitrogens is 2. The fourth-order valence-corrected chi connectivity index (χ4v) is 2.23. The Morgan fingerprint density at radius 3 is 2.76 bits per heavy atom. The van der Waals surface area contributed by atoms with Crippen LogP contribution >= 0.6 is 11.8 Å². The fourth-order valence-electron chi connectivity index (χ4n) is 1.33. The zero-order valence-electron chi connectivity index (χ0n) is 9.01. The van der Waals surface area contributed by atoms with Gasteiger partial charge in [-0.3, -0.25) is 4.79 Å². The van der Waals surface area contributed by atoms with Gasteiger partial charge in [-0.2, -0.15) is 0 Å². The molecule has 0 spiro atoms. The van der Waals surface area contributed by atoms with Crippen molar-refractivity contribution >= 4 is 23.3 Å². The van der Waals surface area contributed by atoms with Crippen LogP contribution in [0.4, 0.5) is 11.5 Å². The van der Waals surface area contributed by atoms with Crippen LogP contribution in [0.25, 0.3) is 0 Å². The second-order valence-electron chi connectivity index (χ2n) is 3.46. The summed E-state index contributed by atoms with van der Waals surface area (Å²) in [7, 11) is 0. The van der Waals surface area contributed by atoms with Gasteiger partial charge in [-0.1, -0.05) is 30.0 Å². The highest BCUT2D eigenvalue weighted by Crippen LogP contribution is 2.22. The Bertz CT molecular complexity index is 582. The van der Waals surface area contributed by atoms with Gasteiger partial charge in [0.25, 0.3) is 5.56 Å². The van der Waals surface area contributed by atoms with Crippen molar-refractivity contribution in [2.75, 3.05) is 11.5 Å². The van der Waals surface area contributed by atoms with Crippen molar-refractivity contribution in [3.63, 3.8) is 0 Å². The summed E-state index contributed by atoms with van der Waals surface area (Å²) < 4.78 is 0. The number of thioether (sulfide) groups is 1. The summed E-state index contributed by atoms with van der Waals surface area (Å²) in [5.74, 6) is 0.858.